The zero-order valence-corrected chi connectivity index (χ0v) is 12.6. The molecule has 7 N–H and O–H groups in total. The Morgan fingerprint density at radius 2 is 2.05 bits per heavy atom. The normalized spacial score (nSPS) is 10.5. The zero-order valence-electron chi connectivity index (χ0n) is 11.9. The van der Waals surface area contributed by atoms with Crippen molar-refractivity contribution >= 4 is 29.4 Å². The molecule has 0 aliphatic carbocycles. The number of halogens is 1. The Hall–Kier alpha value is -2.51. The fourth-order valence-corrected chi connectivity index (χ4v) is 2.46. The van der Waals surface area contributed by atoms with E-state index in [1.165, 1.54) is 0 Å². The number of rotatable bonds is 5. The summed E-state index contributed by atoms with van der Waals surface area (Å²) in [4.78, 5) is 25.9. The molecule has 2 aromatic rings. The molecule has 0 aliphatic rings. The summed E-state index contributed by atoms with van der Waals surface area (Å²) in [6.07, 6.45) is 0. The molecule has 0 saturated carbocycles. The number of nitrogens with one attached hydrogen (secondary N) is 3. The number of H-pyrrole nitrogens is 1. The van der Waals surface area contributed by atoms with Gasteiger partial charge in [-0.15, -0.1) is 0 Å². The average molecular weight is 322 g/mol. The maximum absolute atomic E-state index is 11.8. The first-order chi connectivity index (χ1) is 10.4. The van der Waals surface area contributed by atoms with Gasteiger partial charge in [-0.2, -0.15) is 0 Å². The molecule has 0 radical (unpaired) electrons. The van der Waals surface area contributed by atoms with Crippen LogP contribution in [0.5, 0.6) is 0 Å². The minimum Gasteiger partial charge on any atom is -0.365 e. The number of urea groups is 1. The number of benzene rings is 1. The number of anilines is 1. The molecule has 0 aliphatic heterocycles. The lowest BCUT2D eigenvalue weighted by Crippen LogP contribution is -2.23. The number of carbonyl (C=O) groups excluding carboxylic acids is 2. The van der Waals surface area contributed by atoms with Crippen molar-refractivity contribution in [1.29, 1.82) is 0 Å². The first-order valence-electron chi connectivity index (χ1n) is 6.45. The van der Waals surface area contributed by atoms with Gasteiger partial charge in [0.1, 0.15) is 5.82 Å². The van der Waals surface area contributed by atoms with Crippen molar-refractivity contribution in [2.24, 2.45) is 11.5 Å². The number of carbonyl (C=O) groups is 2. The van der Waals surface area contributed by atoms with Crippen LogP contribution >= 0.6 is 11.6 Å². The summed E-state index contributed by atoms with van der Waals surface area (Å²) in [5.74, 6) is -0.501. The van der Waals surface area contributed by atoms with E-state index < -0.39 is 11.9 Å². The van der Waals surface area contributed by atoms with Crippen LogP contribution in [0.2, 0.25) is 5.02 Å². The van der Waals surface area contributed by atoms with Crippen LogP contribution in [-0.4, -0.2) is 24.0 Å². The highest BCUT2D eigenvalue weighted by molar-refractivity contribution is 6.30. The second-order valence-electron chi connectivity index (χ2n) is 4.62. The van der Waals surface area contributed by atoms with Crippen molar-refractivity contribution in [3.63, 3.8) is 0 Å². The van der Waals surface area contributed by atoms with Crippen LogP contribution in [0.15, 0.2) is 24.3 Å². The molecule has 0 bridgehead atoms. The molecule has 1 aromatic carbocycles. The van der Waals surface area contributed by atoms with Gasteiger partial charge in [-0.25, -0.2) is 4.79 Å². The minimum absolute atomic E-state index is 0.167. The quantitative estimate of drug-likeness (QED) is 0.574. The van der Waals surface area contributed by atoms with E-state index in [2.05, 4.69) is 15.6 Å². The predicted octanol–water partition coefficient (Wildman–Crippen LogP) is 1.64. The van der Waals surface area contributed by atoms with E-state index >= 15 is 0 Å². The van der Waals surface area contributed by atoms with Gasteiger partial charge in [0.2, 0.25) is 0 Å². The summed E-state index contributed by atoms with van der Waals surface area (Å²) in [6.45, 7) is 0.372. The Morgan fingerprint density at radius 3 is 2.59 bits per heavy atom. The lowest BCUT2D eigenvalue weighted by atomic mass is 10.0. The van der Waals surface area contributed by atoms with Gasteiger partial charge in [-0.1, -0.05) is 23.7 Å². The zero-order chi connectivity index (χ0) is 16.3. The maximum Gasteiger partial charge on any atom is 0.317 e. The van der Waals surface area contributed by atoms with Gasteiger partial charge < -0.3 is 21.8 Å². The topological polar surface area (TPSA) is 126 Å². The fourth-order valence-electron chi connectivity index (χ4n) is 2.27. The van der Waals surface area contributed by atoms with E-state index in [9.17, 15) is 9.59 Å². The van der Waals surface area contributed by atoms with Crippen LogP contribution in [-0.2, 0) is 6.54 Å². The standard InChI is InChI=1S/C14H16ClN5O2/c1-18-6-9-10(12(16)21)13(20-14(17)22)19-11(9)7-3-2-4-8(15)5-7/h2-5,18-19H,6H2,1H3,(H2,16,21)(H3,17,20,22). The summed E-state index contributed by atoms with van der Waals surface area (Å²) >= 11 is 6.01. The van der Waals surface area contributed by atoms with E-state index in [0.29, 0.717) is 22.8 Å². The molecular formula is C14H16ClN5O2. The molecule has 1 aromatic heterocycles. The van der Waals surface area contributed by atoms with Crippen LogP contribution < -0.4 is 22.1 Å². The van der Waals surface area contributed by atoms with Crippen molar-refractivity contribution in [3.05, 3.63) is 40.4 Å². The lowest BCUT2D eigenvalue weighted by molar-refractivity contribution is 0.100. The summed E-state index contributed by atoms with van der Waals surface area (Å²) in [6, 6.07) is 6.30. The maximum atomic E-state index is 11.8. The van der Waals surface area contributed by atoms with E-state index in [1.54, 1.807) is 25.2 Å². The summed E-state index contributed by atoms with van der Waals surface area (Å²) in [5.41, 5.74) is 12.8. The molecule has 2 rings (SSSR count). The van der Waals surface area contributed by atoms with Crippen LogP contribution in [0, 0.1) is 0 Å². The number of hydrogen-bond acceptors (Lipinski definition) is 3. The molecule has 1 heterocycles. The van der Waals surface area contributed by atoms with E-state index in [-0.39, 0.29) is 11.4 Å². The predicted molar refractivity (Wildman–Crippen MR) is 85.7 cm³/mol. The summed E-state index contributed by atoms with van der Waals surface area (Å²) in [7, 11) is 1.74. The molecule has 0 spiro atoms. The molecule has 116 valence electrons. The van der Waals surface area contributed by atoms with Gasteiger partial charge in [-0.3, -0.25) is 10.1 Å². The number of aromatic amines is 1. The molecular weight excluding hydrogens is 306 g/mol. The smallest absolute Gasteiger partial charge is 0.317 e. The van der Waals surface area contributed by atoms with Crippen molar-refractivity contribution in [3.8, 4) is 11.3 Å². The third kappa shape index (κ3) is 3.21. The molecule has 0 fully saturated rings. The molecule has 7 nitrogen and oxygen atoms in total. The van der Waals surface area contributed by atoms with Crippen LogP contribution in [0.3, 0.4) is 0 Å². The van der Waals surface area contributed by atoms with E-state index in [0.717, 1.165) is 5.56 Å². The number of nitrogens with two attached hydrogens (primary N) is 2. The highest BCUT2D eigenvalue weighted by atomic mass is 35.5. The summed E-state index contributed by atoms with van der Waals surface area (Å²) < 4.78 is 0. The molecule has 0 saturated heterocycles. The van der Waals surface area contributed by atoms with Gasteiger partial charge >= 0.3 is 6.03 Å². The minimum atomic E-state index is -0.794. The molecule has 0 unspecified atom stereocenters. The second-order valence-corrected chi connectivity index (χ2v) is 5.06. The van der Waals surface area contributed by atoms with Gasteiger partial charge in [0.15, 0.2) is 0 Å². The Balaban J connectivity index is 2.66. The van der Waals surface area contributed by atoms with Crippen molar-refractivity contribution in [2.45, 2.75) is 6.54 Å². The van der Waals surface area contributed by atoms with Gasteiger partial charge in [-0.05, 0) is 24.7 Å². The first kappa shape index (κ1) is 15.9. The Kier molecular flexibility index (Phi) is 4.69. The largest absolute Gasteiger partial charge is 0.365 e. The van der Waals surface area contributed by atoms with E-state index in [1.807, 2.05) is 6.07 Å². The van der Waals surface area contributed by atoms with Gasteiger partial charge in [0.25, 0.3) is 5.91 Å². The van der Waals surface area contributed by atoms with Crippen molar-refractivity contribution in [1.82, 2.24) is 10.3 Å². The number of aromatic nitrogens is 1. The van der Waals surface area contributed by atoms with Crippen LogP contribution in [0.25, 0.3) is 11.3 Å². The third-order valence-corrected chi connectivity index (χ3v) is 3.30. The molecule has 0 atom stereocenters. The van der Waals surface area contributed by atoms with Crippen LogP contribution in [0.1, 0.15) is 15.9 Å². The molecule has 8 heteroatoms. The van der Waals surface area contributed by atoms with Crippen LogP contribution in [0.4, 0.5) is 10.6 Å². The van der Waals surface area contributed by atoms with Crippen molar-refractivity contribution in [2.75, 3.05) is 12.4 Å². The molecule has 22 heavy (non-hydrogen) atoms. The van der Waals surface area contributed by atoms with Gasteiger partial charge in [0.05, 0.1) is 11.3 Å². The number of amides is 3. The number of hydrogen-bond donors (Lipinski definition) is 5. The van der Waals surface area contributed by atoms with E-state index in [4.69, 9.17) is 23.1 Å². The lowest BCUT2D eigenvalue weighted by Gasteiger charge is -2.06. The fraction of sp³-hybridized carbons (Fsp3) is 0.143. The highest BCUT2D eigenvalue weighted by Crippen LogP contribution is 2.32. The SMILES string of the molecule is CNCc1c(-c2cccc(Cl)c2)[nH]c(NC(N)=O)c1C(N)=O. The number of primary amides is 2. The van der Waals surface area contributed by atoms with Gasteiger partial charge in [0, 0.05) is 17.1 Å². The highest BCUT2D eigenvalue weighted by Gasteiger charge is 2.22. The Bertz CT molecular complexity index is 726. The second kappa shape index (κ2) is 6.50. The monoisotopic (exact) mass is 321 g/mol. The Labute approximate surface area is 132 Å². The molecule has 3 amide bonds. The Morgan fingerprint density at radius 1 is 1.32 bits per heavy atom. The first-order valence-corrected chi connectivity index (χ1v) is 6.83. The summed E-state index contributed by atoms with van der Waals surface area (Å²) in [5, 5.41) is 5.89. The average Bonchev–Trinajstić information content (AvgIpc) is 2.77. The van der Waals surface area contributed by atoms with Crippen molar-refractivity contribution < 1.29 is 9.59 Å². The third-order valence-electron chi connectivity index (χ3n) is 3.06.